The van der Waals surface area contributed by atoms with Gasteiger partial charge in [0.2, 0.25) is 0 Å². The molecule has 0 spiro atoms. The van der Waals surface area contributed by atoms with Crippen LogP contribution < -0.4 is 4.74 Å². The van der Waals surface area contributed by atoms with Crippen molar-refractivity contribution in [1.29, 1.82) is 0 Å². The molecule has 0 fully saturated rings. The van der Waals surface area contributed by atoms with Gasteiger partial charge in [0.05, 0.1) is 11.7 Å². The van der Waals surface area contributed by atoms with E-state index >= 15 is 0 Å². The van der Waals surface area contributed by atoms with Crippen LogP contribution in [-0.2, 0) is 13.0 Å². The molecule has 0 aliphatic rings. The number of pyridine rings is 2. The summed E-state index contributed by atoms with van der Waals surface area (Å²) in [6, 6.07) is 23.6. The average molecular weight is 463 g/mol. The number of aromatic nitrogens is 4. The van der Waals surface area contributed by atoms with Gasteiger partial charge >= 0.3 is 0 Å². The molecule has 0 saturated carbocycles. The van der Waals surface area contributed by atoms with Crippen molar-refractivity contribution in [1.82, 2.24) is 19.9 Å². The molecule has 2 aromatic carbocycles. The SMILES string of the molecule is Cl.Clc1ccc(OCc2ccccc2)c(Cc2cccc(-c3nc4cnccc4[nH]3)n2)c1. The first-order valence-electron chi connectivity index (χ1n) is 9.96. The van der Waals surface area contributed by atoms with Crippen LogP contribution in [0.3, 0.4) is 0 Å². The van der Waals surface area contributed by atoms with Crippen LogP contribution in [0, 0.1) is 0 Å². The van der Waals surface area contributed by atoms with Crippen molar-refractivity contribution in [3.63, 3.8) is 0 Å². The lowest BCUT2D eigenvalue weighted by Crippen LogP contribution is -2.01. The summed E-state index contributed by atoms with van der Waals surface area (Å²) in [7, 11) is 0. The standard InChI is InChI=1S/C25H19ClN4O.ClH/c26-19-9-10-24(31-16-17-5-2-1-3-6-17)18(13-19)14-20-7-4-8-22(28-20)25-29-21-11-12-27-15-23(21)30-25;/h1-13,15H,14,16H2,(H,29,30);1H. The molecule has 0 saturated heterocycles. The molecule has 0 atom stereocenters. The normalized spacial score (nSPS) is 10.7. The highest BCUT2D eigenvalue weighted by Gasteiger charge is 2.11. The van der Waals surface area contributed by atoms with Gasteiger partial charge < -0.3 is 9.72 Å². The van der Waals surface area contributed by atoms with E-state index in [1.165, 1.54) is 0 Å². The van der Waals surface area contributed by atoms with Gasteiger partial charge in [-0.2, -0.15) is 0 Å². The molecule has 5 aromatic rings. The summed E-state index contributed by atoms with van der Waals surface area (Å²) in [5.41, 5.74) is 5.54. The molecular weight excluding hydrogens is 443 g/mol. The minimum atomic E-state index is 0. The number of aromatic amines is 1. The van der Waals surface area contributed by atoms with E-state index in [1.807, 2.05) is 72.8 Å². The predicted molar refractivity (Wildman–Crippen MR) is 129 cm³/mol. The summed E-state index contributed by atoms with van der Waals surface area (Å²) in [4.78, 5) is 16.8. The number of fused-ring (bicyclic) bond motifs is 1. The van der Waals surface area contributed by atoms with Crippen molar-refractivity contribution in [3.05, 3.63) is 107 Å². The minimum absolute atomic E-state index is 0. The van der Waals surface area contributed by atoms with Gasteiger partial charge in [-0.05, 0) is 42.0 Å². The molecule has 32 heavy (non-hydrogen) atoms. The third kappa shape index (κ3) is 4.90. The van der Waals surface area contributed by atoms with E-state index in [1.54, 1.807) is 12.4 Å². The lowest BCUT2D eigenvalue weighted by molar-refractivity contribution is 0.303. The van der Waals surface area contributed by atoms with Crippen molar-refractivity contribution >= 4 is 35.0 Å². The highest BCUT2D eigenvalue weighted by atomic mass is 35.5. The van der Waals surface area contributed by atoms with Crippen LogP contribution in [0.4, 0.5) is 0 Å². The van der Waals surface area contributed by atoms with Crippen LogP contribution in [0.25, 0.3) is 22.6 Å². The first-order chi connectivity index (χ1) is 15.2. The maximum Gasteiger partial charge on any atom is 0.157 e. The zero-order valence-corrected chi connectivity index (χ0v) is 18.6. The Kier molecular flexibility index (Phi) is 6.69. The zero-order valence-electron chi connectivity index (χ0n) is 17.0. The summed E-state index contributed by atoms with van der Waals surface area (Å²) in [6.45, 7) is 0.496. The molecule has 160 valence electrons. The molecule has 0 aliphatic heterocycles. The number of nitrogens with zero attached hydrogens (tertiary/aromatic N) is 3. The Bertz CT molecular complexity index is 1310. The number of ether oxygens (including phenoxy) is 1. The Labute approximate surface area is 196 Å². The lowest BCUT2D eigenvalue weighted by atomic mass is 10.1. The van der Waals surface area contributed by atoms with Gasteiger partial charge in [0.1, 0.15) is 23.6 Å². The average Bonchev–Trinajstić information content (AvgIpc) is 3.24. The van der Waals surface area contributed by atoms with E-state index in [0.29, 0.717) is 18.1 Å². The maximum absolute atomic E-state index is 6.28. The molecule has 5 nitrogen and oxygen atoms in total. The molecule has 0 amide bonds. The molecule has 3 heterocycles. The topological polar surface area (TPSA) is 63.7 Å². The van der Waals surface area contributed by atoms with Gasteiger partial charge in [-0.1, -0.05) is 48.0 Å². The molecule has 5 rings (SSSR count). The van der Waals surface area contributed by atoms with Crippen molar-refractivity contribution in [3.8, 4) is 17.3 Å². The van der Waals surface area contributed by atoms with E-state index in [9.17, 15) is 0 Å². The first-order valence-corrected chi connectivity index (χ1v) is 10.3. The fourth-order valence-electron chi connectivity index (χ4n) is 3.45. The second-order valence-corrected chi connectivity index (χ2v) is 7.63. The van der Waals surface area contributed by atoms with E-state index in [4.69, 9.17) is 21.3 Å². The number of benzene rings is 2. The van der Waals surface area contributed by atoms with E-state index in [2.05, 4.69) is 15.0 Å². The monoisotopic (exact) mass is 462 g/mol. The fourth-order valence-corrected chi connectivity index (χ4v) is 3.64. The van der Waals surface area contributed by atoms with Crippen LogP contribution in [-0.4, -0.2) is 19.9 Å². The summed E-state index contributed by atoms with van der Waals surface area (Å²) in [6.07, 6.45) is 4.08. The van der Waals surface area contributed by atoms with Crippen LogP contribution in [0.2, 0.25) is 5.02 Å². The number of hydrogen-bond donors (Lipinski definition) is 1. The van der Waals surface area contributed by atoms with Crippen molar-refractivity contribution in [2.24, 2.45) is 0 Å². The summed E-state index contributed by atoms with van der Waals surface area (Å²) >= 11 is 6.28. The highest BCUT2D eigenvalue weighted by Crippen LogP contribution is 2.27. The van der Waals surface area contributed by atoms with Gasteiger partial charge in [-0.15, -0.1) is 12.4 Å². The van der Waals surface area contributed by atoms with Gasteiger partial charge in [0.25, 0.3) is 0 Å². The number of H-pyrrole nitrogens is 1. The molecule has 1 N–H and O–H groups in total. The second kappa shape index (κ2) is 9.81. The summed E-state index contributed by atoms with van der Waals surface area (Å²) in [5, 5.41) is 0.669. The Morgan fingerprint density at radius 2 is 1.78 bits per heavy atom. The van der Waals surface area contributed by atoms with E-state index in [-0.39, 0.29) is 12.4 Å². The number of nitrogens with one attached hydrogen (secondary N) is 1. The molecule has 0 aliphatic carbocycles. The van der Waals surface area contributed by atoms with Gasteiger partial charge in [0.15, 0.2) is 5.82 Å². The van der Waals surface area contributed by atoms with Crippen LogP contribution >= 0.6 is 24.0 Å². The number of imidazole rings is 1. The second-order valence-electron chi connectivity index (χ2n) is 7.20. The maximum atomic E-state index is 6.28. The Hall–Kier alpha value is -3.41. The number of rotatable bonds is 6. The fraction of sp³-hybridized carbons (Fsp3) is 0.0800. The van der Waals surface area contributed by atoms with Gasteiger partial charge in [-0.3, -0.25) is 4.98 Å². The van der Waals surface area contributed by atoms with Crippen molar-refractivity contribution < 1.29 is 4.74 Å². The number of halogens is 2. The lowest BCUT2D eigenvalue weighted by Gasteiger charge is -2.12. The van der Waals surface area contributed by atoms with E-state index < -0.39 is 0 Å². The van der Waals surface area contributed by atoms with Crippen molar-refractivity contribution in [2.45, 2.75) is 13.0 Å². The predicted octanol–water partition coefficient (Wildman–Crippen LogP) is 6.26. The minimum Gasteiger partial charge on any atom is -0.489 e. The quantitative estimate of drug-likeness (QED) is 0.323. The van der Waals surface area contributed by atoms with E-state index in [0.717, 1.165) is 45.1 Å². The summed E-state index contributed by atoms with van der Waals surface area (Å²) in [5.74, 6) is 1.52. The largest absolute Gasteiger partial charge is 0.489 e. The van der Waals surface area contributed by atoms with Crippen molar-refractivity contribution in [2.75, 3.05) is 0 Å². The van der Waals surface area contributed by atoms with Crippen LogP contribution in [0.5, 0.6) is 5.75 Å². The molecule has 0 radical (unpaired) electrons. The smallest absolute Gasteiger partial charge is 0.157 e. The molecular formula is C25H20Cl2N4O. The third-order valence-electron chi connectivity index (χ3n) is 4.97. The first kappa shape index (κ1) is 21.8. The van der Waals surface area contributed by atoms with Crippen LogP contribution in [0.1, 0.15) is 16.8 Å². The molecule has 0 unspecified atom stereocenters. The molecule has 3 aromatic heterocycles. The Morgan fingerprint density at radius 3 is 2.62 bits per heavy atom. The molecule has 7 heteroatoms. The zero-order chi connectivity index (χ0) is 21.0. The highest BCUT2D eigenvalue weighted by molar-refractivity contribution is 6.30. The number of hydrogen-bond acceptors (Lipinski definition) is 4. The summed E-state index contributed by atoms with van der Waals surface area (Å²) < 4.78 is 6.09. The Morgan fingerprint density at radius 1 is 0.906 bits per heavy atom. The van der Waals surface area contributed by atoms with Gasteiger partial charge in [0, 0.05) is 28.9 Å². The van der Waals surface area contributed by atoms with Crippen LogP contribution in [0.15, 0.2) is 85.2 Å². The third-order valence-corrected chi connectivity index (χ3v) is 5.20. The Balaban J connectivity index is 0.00000245. The van der Waals surface area contributed by atoms with Gasteiger partial charge in [-0.25, -0.2) is 9.97 Å². The molecule has 0 bridgehead atoms.